The van der Waals surface area contributed by atoms with Crippen molar-refractivity contribution in [2.45, 2.75) is 6.61 Å². The van der Waals surface area contributed by atoms with E-state index in [4.69, 9.17) is 15.9 Å². The summed E-state index contributed by atoms with van der Waals surface area (Å²) in [5.41, 5.74) is 6.97. The van der Waals surface area contributed by atoms with Gasteiger partial charge in [-0.3, -0.25) is 5.41 Å². The molecule has 0 spiro atoms. The van der Waals surface area contributed by atoms with Crippen LogP contribution >= 0.6 is 0 Å². The van der Waals surface area contributed by atoms with Crippen molar-refractivity contribution in [3.8, 4) is 5.88 Å². The number of pyridine rings is 2. The van der Waals surface area contributed by atoms with E-state index in [1.54, 1.807) is 18.3 Å². The summed E-state index contributed by atoms with van der Waals surface area (Å²) < 4.78 is 34.3. The van der Waals surface area contributed by atoms with E-state index >= 15 is 0 Å². The molecule has 0 unspecified atom stereocenters. The molecule has 2 aromatic rings. The van der Waals surface area contributed by atoms with E-state index in [9.17, 15) is 8.78 Å². The second kappa shape index (κ2) is 7.39. The molecule has 1 aliphatic heterocycles. The van der Waals surface area contributed by atoms with Crippen LogP contribution in [0.2, 0.25) is 0 Å². The van der Waals surface area contributed by atoms with Crippen LogP contribution in [0.5, 0.6) is 5.88 Å². The smallest absolute Gasteiger partial charge is 0.388 e. The molecule has 3 rings (SSSR count). The Hall–Kier alpha value is -2.81. The summed E-state index contributed by atoms with van der Waals surface area (Å²) in [6.45, 7) is -0.322. The number of hydrogen-bond donors (Lipinski definition) is 2. The highest BCUT2D eigenvalue weighted by Gasteiger charge is 2.16. The fourth-order valence-corrected chi connectivity index (χ4v) is 2.51. The zero-order chi connectivity index (χ0) is 17.8. The minimum Gasteiger partial charge on any atom is -0.417 e. The number of nitrogen functional groups attached to an aromatic ring is 1. The lowest BCUT2D eigenvalue weighted by molar-refractivity contribution is -0.0528. The number of nitrogens with zero attached hydrogens (tertiary/aromatic N) is 3. The molecule has 3 N–H and O–H groups in total. The molecule has 0 saturated carbocycles. The molecule has 1 saturated heterocycles. The second-order valence-electron chi connectivity index (χ2n) is 5.37. The monoisotopic (exact) mass is 349 g/mol. The lowest BCUT2D eigenvalue weighted by atomic mass is 10.0. The number of rotatable bonds is 5. The van der Waals surface area contributed by atoms with Crippen molar-refractivity contribution in [2.24, 2.45) is 0 Å². The molecule has 9 heteroatoms. The van der Waals surface area contributed by atoms with E-state index in [0.29, 0.717) is 31.9 Å². The normalized spacial score (nSPS) is 14.6. The molecular weight excluding hydrogens is 332 g/mol. The molecule has 7 nitrogen and oxygen atoms in total. The molecule has 0 atom stereocenters. The van der Waals surface area contributed by atoms with Gasteiger partial charge in [-0.15, -0.1) is 0 Å². The number of anilines is 2. The van der Waals surface area contributed by atoms with Crippen LogP contribution in [-0.2, 0) is 4.74 Å². The molecule has 0 aliphatic carbocycles. The van der Waals surface area contributed by atoms with E-state index < -0.39 is 6.61 Å². The first kappa shape index (κ1) is 17.0. The average Bonchev–Trinajstić information content (AvgIpc) is 2.63. The topological polar surface area (TPSA) is 97.4 Å². The molecule has 3 heterocycles. The number of nitrogens with one attached hydrogen (secondary N) is 1. The minimum atomic E-state index is -2.99. The Morgan fingerprint density at radius 3 is 2.76 bits per heavy atom. The number of aromatic nitrogens is 2. The third-order valence-electron chi connectivity index (χ3n) is 3.76. The minimum absolute atomic E-state index is 0.0796. The molecule has 0 radical (unpaired) electrons. The van der Waals surface area contributed by atoms with Crippen LogP contribution in [0.4, 0.5) is 20.3 Å². The first-order valence-corrected chi connectivity index (χ1v) is 7.63. The molecule has 0 bridgehead atoms. The summed E-state index contributed by atoms with van der Waals surface area (Å²) in [7, 11) is 0. The van der Waals surface area contributed by atoms with E-state index in [2.05, 4.69) is 19.6 Å². The Morgan fingerprint density at radius 1 is 1.28 bits per heavy atom. The lowest BCUT2D eigenvalue weighted by Gasteiger charge is -2.28. The lowest BCUT2D eigenvalue weighted by Crippen LogP contribution is -2.36. The predicted molar refractivity (Wildman–Crippen MR) is 88.5 cm³/mol. The third kappa shape index (κ3) is 4.00. The van der Waals surface area contributed by atoms with Crippen LogP contribution in [0.25, 0.3) is 0 Å². The number of morpholine rings is 1. The maximum absolute atomic E-state index is 12.4. The molecular formula is C16H17F2N5O2. The summed E-state index contributed by atoms with van der Waals surface area (Å²) in [6.07, 6.45) is 2.80. The summed E-state index contributed by atoms with van der Waals surface area (Å²) in [6, 6.07) is 4.67. The van der Waals surface area contributed by atoms with E-state index in [1.807, 2.05) is 0 Å². The standard InChI is InChI=1S/C16H17F2N5O2/c17-16(18)25-14-8-11(12(19)9-22-14)15(20)10-1-2-21-13(7-10)23-3-5-24-6-4-23/h1-2,7-9,16,20H,3-6,19H2. The van der Waals surface area contributed by atoms with Gasteiger partial charge in [-0.25, -0.2) is 9.97 Å². The van der Waals surface area contributed by atoms with Gasteiger partial charge in [0.1, 0.15) is 5.82 Å². The SMILES string of the molecule is N=C(c1ccnc(N2CCOCC2)c1)c1cc(OC(F)F)ncc1N. The quantitative estimate of drug-likeness (QED) is 0.801. The summed E-state index contributed by atoms with van der Waals surface area (Å²) in [5, 5.41) is 8.38. The summed E-state index contributed by atoms with van der Waals surface area (Å²) in [4.78, 5) is 10.1. The highest BCUT2D eigenvalue weighted by molar-refractivity contribution is 6.14. The van der Waals surface area contributed by atoms with Crippen molar-refractivity contribution in [3.05, 3.63) is 41.7 Å². The molecule has 132 valence electrons. The van der Waals surface area contributed by atoms with Gasteiger partial charge in [-0.1, -0.05) is 0 Å². The Bertz CT molecular complexity index is 766. The molecule has 2 aromatic heterocycles. The third-order valence-corrected chi connectivity index (χ3v) is 3.76. The van der Waals surface area contributed by atoms with Crippen LogP contribution in [0, 0.1) is 5.41 Å². The number of alkyl halides is 2. The van der Waals surface area contributed by atoms with Gasteiger partial charge in [0.05, 0.1) is 30.8 Å². The number of nitrogens with two attached hydrogens (primary N) is 1. The van der Waals surface area contributed by atoms with Gasteiger partial charge in [0.2, 0.25) is 5.88 Å². The fraction of sp³-hybridized carbons (Fsp3) is 0.312. The van der Waals surface area contributed by atoms with Crippen molar-refractivity contribution in [3.63, 3.8) is 0 Å². The van der Waals surface area contributed by atoms with Crippen molar-refractivity contribution < 1.29 is 18.3 Å². The first-order chi connectivity index (χ1) is 12.0. The average molecular weight is 349 g/mol. The maximum atomic E-state index is 12.4. The van der Waals surface area contributed by atoms with Gasteiger partial charge in [-0.05, 0) is 12.1 Å². The summed E-state index contributed by atoms with van der Waals surface area (Å²) in [5.74, 6) is 0.439. The van der Waals surface area contributed by atoms with Crippen LogP contribution in [0.15, 0.2) is 30.6 Å². The zero-order valence-corrected chi connectivity index (χ0v) is 13.3. The number of ether oxygens (including phenoxy) is 2. The molecule has 0 aromatic carbocycles. The fourth-order valence-electron chi connectivity index (χ4n) is 2.51. The van der Waals surface area contributed by atoms with Gasteiger partial charge in [0.15, 0.2) is 0 Å². The number of hydrogen-bond acceptors (Lipinski definition) is 7. The Kier molecular flexibility index (Phi) is 5.03. The maximum Gasteiger partial charge on any atom is 0.388 e. The molecule has 1 aliphatic rings. The van der Waals surface area contributed by atoms with Crippen LogP contribution in [0.1, 0.15) is 11.1 Å². The van der Waals surface area contributed by atoms with E-state index in [-0.39, 0.29) is 22.8 Å². The van der Waals surface area contributed by atoms with Gasteiger partial charge < -0.3 is 20.1 Å². The van der Waals surface area contributed by atoms with Gasteiger partial charge in [0.25, 0.3) is 0 Å². The van der Waals surface area contributed by atoms with Crippen molar-refractivity contribution >= 4 is 17.2 Å². The van der Waals surface area contributed by atoms with Gasteiger partial charge >= 0.3 is 6.61 Å². The zero-order valence-electron chi connectivity index (χ0n) is 13.3. The van der Waals surface area contributed by atoms with Crippen molar-refractivity contribution in [1.29, 1.82) is 5.41 Å². The molecule has 25 heavy (non-hydrogen) atoms. The van der Waals surface area contributed by atoms with Crippen molar-refractivity contribution in [1.82, 2.24) is 9.97 Å². The summed E-state index contributed by atoms with van der Waals surface area (Å²) >= 11 is 0. The first-order valence-electron chi connectivity index (χ1n) is 7.63. The largest absolute Gasteiger partial charge is 0.417 e. The van der Waals surface area contributed by atoms with Crippen LogP contribution in [-0.4, -0.2) is 48.6 Å². The van der Waals surface area contributed by atoms with Gasteiger partial charge in [0, 0.05) is 36.5 Å². The second-order valence-corrected chi connectivity index (χ2v) is 5.37. The van der Waals surface area contributed by atoms with E-state index in [0.717, 1.165) is 5.82 Å². The highest BCUT2D eigenvalue weighted by atomic mass is 19.3. The van der Waals surface area contributed by atoms with Gasteiger partial charge in [-0.2, -0.15) is 8.78 Å². The van der Waals surface area contributed by atoms with Crippen molar-refractivity contribution in [2.75, 3.05) is 36.9 Å². The van der Waals surface area contributed by atoms with Crippen LogP contribution < -0.4 is 15.4 Å². The Balaban J connectivity index is 1.87. The Morgan fingerprint density at radius 2 is 2.04 bits per heavy atom. The van der Waals surface area contributed by atoms with Crippen LogP contribution in [0.3, 0.4) is 0 Å². The van der Waals surface area contributed by atoms with E-state index in [1.165, 1.54) is 12.3 Å². The number of halogens is 2. The Labute approximate surface area is 142 Å². The molecule has 1 fully saturated rings. The molecule has 0 amide bonds. The predicted octanol–water partition coefficient (Wildman–Crippen LogP) is 1.91. The highest BCUT2D eigenvalue weighted by Crippen LogP contribution is 2.23.